The van der Waals surface area contributed by atoms with Gasteiger partial charge in [0.25, 0.3) is 0 Å². The van der Waals surface area contributed by atoms with Crippen LogP contribution in [0.1, 0.15) is 39.5 Å². The Bertz CT molecular complexity index is 167. The highest BCUT2D eigenvalue weighted by Crippen LogP contribution is 2.20. The van der Waals surface area contributed by atoms with E-state index in [9.17, 15) is 0 Å². The summed E-state index contributed by atoms with van der Waals surface area (Å²) in [5, 5.41) is 0. The van der Waals surface area contributed by atoms with E-state index >= 15 is 0 Å². The van der Waals surface area contributed by atoms with Gasteiger partial charge in [0.15, 0.2) is 5.96 Å². The van der Waals surface area contributed by atoms with Gasteiger partial charge >= 0.3 is 0 Å². The smallest absolute Gasteiger partial charge is 0.191 e. The van der Waals surface area contributed by atoms with Crippen molar-refractivity contribution in [3.8, 4) is 0 Å². The first kappa shape index (κ1) is 10.4. The summed E-state index contributed by atoms with van der Waals surface area (Å²) in [7, 11) is 0. The summed E-state index contributed by atoms with van der Waals surface area (Å²) in [6, 6.07) is 0.501. The predicted molar refractivity (Wildman–Crippen MR) is 56.8 cm³/mol. The van der Waals surface area contributed by atoms with Crippen molar-refractivity contribution in [2.45, 2.75) is 45.6 Å². The average Bonchev–Trinajstić information content (AvgIpc) is 2.59. The maximum atomic E-state index is 5.89. The van der Waals surface area contributed by atoms with Crippen LogP contribution in [0, 0.1) is 0 Å². The number of aliphatic imine (C=N–C) groups is 1. The van der Waals surface area contributed by atoms with Crippen LogP contribution in [-0.2, 0) is 0 Å². The molecule has 0 aliphatic heterocycles. The lowest BCUT2D eigenvalue weighted by molar-refractivity contribution is 0.454. The van der Waals surface area contributed by atoms with Crippen molar-refractivity contribution in [2.24, 2.45) is 10.7 Å². The Kier molecular flexibility index (Phi) is 4.06. The Balaban J connectivity index is 2.47. The van der Waals surface area contributed by atoms with Crippen LogP contribution in [0.5, 0.6) is 0 Å². The first-order chi connectivity index (χ1) is 6.27. The van der Waals surface area contributed by atoms with Crippen molar-refractivity contribution < 1.29 is 0 Å². The molecule has 1 fully saturated rings. The summed E-state index contributed by atoms with van der Waals surface area (Å²) >= 11 is 0. The first-order valence-electron chi connectivity index (χ1n) is 5.36. The predicted octanol–water partition coefficient (Wildman–Crippen LogP) is 1.59. The van der Waals surface area contributed by atoms with Gasteiger partial charge in [-0.2, -0.15) is 0 Å². The fourth-order valence-electron chi connectivity index (χ4n) is 1.85. The van der Waals surface area contributed by atoms with Crippen molar-refractivity contribution in [2.75, 3.05) is 13.1 Å². The van der Waals surface area contributed by atoms with Crippen LogP contribution in [0.25, 0.3) is 0 Å². The van der Waals surface area contributed by atoms with Gasteiger partial charge in [-0.25, -0.2) is 4.99 Å². The minimum Gasteiger partial charge on any atom is -0.370 e. The van der Waals surface area contributed by atoms with E-state index in [2.05, 4.69) is 23.7 Å². The zero-order chi connectivity index (χ0) is 9.68. The normalized spacial score (nSPS) is 19.4. The Labute approximate surface area is 81.0 Å². The van der Waals surface area contributed by atoms with E-state index in [1.807, 2.05) is 0 Å². The Morgan fingerprint density at radius 2 is 1.85 bits per heavy atom. The van der Waals surface area contributed by atoms with Gasteiger partial charge < -0.3 is 10.6 Å². The van der Waals surface area contributed by atoms with Crippen molar-refractivity contribution in [1.82, 2.24) is 4.90 Å². The van der Waals surface area contributed by atoms with Crippen molar-refractivity contribution >= 4 is 5.96 Å². The summed E-state index contributed by atoms with van der Waals surface area (Å²) in [6.45, 7) is 6.14. The molecule has 0 heterocycles. The molecule has 3 heteroatoms. The topological polar surface area (TPSA) is 41.6 Å². The van der Waals surface area contributed by atoms with Crippen molar-refractivity contribution in [1.29, 1.82) is 0 Å². The van der Waals surface area contributed by atoms with Gasteiger partial charge in [0.05, 0.1) is 6.04 Å². The first-order valence-corrected chi connectivity index (χ1v) is 5.36. The Morgan fingerprint density at radius 3 is 2.31 bits per heavy atom. The highest BCUT2D eigenvalue weighted by molar-refractivity contribution is 5.78. The molecule has 3 nitrogen and oxygen atoms in total. The standard InChI is InChI=1S/C10H21N3/c1-3-13(4-2)10(11)12-9-7-5-6-8-9/h9H,3-8H2,1-2H3,(H2,11,12). The summed E-state index contributed by atoms with van der Waals surface area (Å²) < 4.78 is 0. The zero-order valence-electron chi connectivity index (χ0n) is 8.79. The van der Waals surface area contributed by atoms with Crippen LogP contribution in [0.2, 0.25) is 0 Å². The largest absolute Gasteiger partial charge is 0.370 e. The molecule has 1 saturated carbocycles. The third-order valence-corrected chi connectivity index (χ3v) is 2.73. The molecule has 1 aliphatic rings. The third-order valence-electron chi connectivity index (χ3n) is 2.73. The van der Waals surface area contributed by atoms with E-state index in [4.69, 9.17) is 5.73 Å². The molecule has 0 amide bonds. The van der Waals surface area contributed by atoms with E-state index in [1.165, 1.54) is 25.7 Å². The molecule has 0 unspecified atom stereocenters. The highest BCUT2D eigenvalue weighted by Gasteiger charge is 2.14. The van der Waals surface area contributed by atoms with E-state index in [0.717, 1.165) is 19.0 Å². The molecule has 1 aliphatic carbocycles. The van der Waals surface area contributed by atoms with Gasteiger partial charge in [0, 0.05) is 13.1 Å². The number of nitrogens with two attached hydrogens (primary N) is 1. The van der Waals surface area contributed by atoms with E-state index in [-0.39, 0.29) is 0 Å². The molecule has 0 aromatic carbocycles. The second kappa shape index (κ2) is 5.10. The minimum absolute atomic E-state index is 0.501. The molecule has 0 saturated heterocycles. The minimum atomic E-state index is 0.501. The SMILES string of the molecule is CCN(CC)C(N)=NC1CCCC1. The van der Waals surface area contributed by atoms with Crippen LogP contribution >= 0.6 is 0 Å². The molecule has 0 spiro atoms. The Morgan fingerprint density at radius 1 is 1.31 bits per heavy atom. The van der Waals surface area contributed by atoms with Gasteiger partial charge in [0.1, 0.15) is 0 Å². The molecule has 76 valence electrons. The number of hydrogen-bond acceptors (Lipinski definition) is 1. The third kappa shape index (κ3) is 2.90. The van der Waals surface area contributed by atoms with Crippen LogP contribution in [0.15, 0.2) is 4.99 Å². The van der Waals surface area contributed by atoms with Gasteiger partial charge in [-0.15, -0.1) is 0 Å². The summed E-state index contributed by atoms with van der Waals surface area (Å²) in [4.78, 5) is 6.65. The summed E-state index contributed by atoms with van der Waals surface area (Å²) in [6.07, 6.45) is 5.09. The van der Waals surface area contributed by atoms with Crippen LogP contribution in [-0.4, -0.2) is 30.0 Å². The van der Waals surface area contributed by atoms with E-state index in [1.54, 1.807) is 0 Å². The monoisotopic (exact) mass is 183 g/mol. The van der Waals surface area contributed by atoms with Crippen LogP contribution in [0.4, 0.5) is 0 Å². The second-order valence-electron chi connectivity index (χ2n) is 3.60. The molecular weight excluding hydrogens is 162 g/mol. The lowest BCUT2D eigenvalue weighted by Gasteiger charge is -2.20. The number of guanidine groups is 1. The Hall–Kier alpha value is -0.730. The molecule has 0 aromatic rings. The van der Waals surface area contributed by atoms with Crippen molar-refractivity contribution in [3.63, 3.8) is 0 Å². The highest BCUT2D eigenvalue weighted by atomic mass is 15.2. The summed E-state index contributed by atoms with van der Waals surface area (Å²) in [5.41, 5.74) is 5.89. The molecule has 1 rings (SSSR count). The molecule has 13 heavy (non-hydrogen) atoms. The zero-order valence-corrected chi connectivity index (χ0v) is 8.79. The molecule has 0 radical (unpaired) electrons. The lowest BCUT2D eigenvalue weighted by Crippen LogP contribution is -2.37. The molecule has 0 atom stereocenters. The van der Waals surface area contributed by atoms with E-state index < -0.39 is 0 Å². The van der Waals surface area contributed by atoms with Gasteiger partial charge in [0.2, 0.25) is 0 Å². The number of rotatable bonds is 3. The van der Waals surface area contributed by atoms with E-state index in [0.29, 0.717) is 6.04 Å². The van der Waals surface area contributed by atoms with Gasteiger partial charge in [-0.1, -0.05) is 12.8 Å². The molecule has 0 aromatic heterocycles. The average molecular weight is 183 g/mol. The quantitative estimate of drug-likeness (QED) is 0.533. The van der Waals surface area contributed by atoms with Crippen molar-refractivity contribution in [3.05, 3.63) is 0 Å². The second-order valence-corrected chi connectivity index (χ2v) is 3.60. The summed E-state index contributed by atoms with van der Waals surface area (Å²) in [5.74, 6) is 0.733. The van der Waals surface area contributed by atoms with Crippen LogP contribution in [0.3, 0.4) is 0 Å². The maximum absolute atomic E-state index is 5.89. The van der Waals surface area contributed by atoms with Gasteiger partial charge in [-0.05, 0) is 26.7 Å². The number of hydrogen-bond donors (Lipinski definition) is 1. The number of nitrogens with zero attached hydrogens (tertiary/aromatic N) is 2. The molecular formula is C10H21N3. The maximum Gasteiger partial charge on any atom is 0.191 e. The fourth-order valence-corrected chi connectivity index (χ4v) is 1.85. The lowest BCUT2D eigenvalue weighted by atomic mass is 10.3. The fraction of sp³-hybridized carbons (Fsp3) is 0.900. The van der Waals surface area contributed by atoms with Gasteiger partial charge in [-0.3, -0.25) is 0 Å². The van der Waals surface area contributed by atoms with Crippen LogP contribution < -0.4 is 5.73 Å². The molecule has 0 bridgehead atoms. The molecule has 2 N–H and O–H groups in total.